The molecule has 1 aliphatic rings. The zero-order valence-electron chi connectivity index (χ0n) is 10.0. The Hall–Kier alpha value is -0.770. The third-order valence-corrected chi connectivity index (χ3v) is 3.82. The van der Waals surface area contributed by atoms with Crippen molar-refractivity contribution in [3.8, 4) is 0 Å². The van der Waals surface area contributed by atoms with E-state index in [1.807, 2.05) is 0 Å². The molecule has 1 aromatic carbocycles. The van der Waals surface area contributed by atoms with Crippen LogP contribution in [0.25, 0.3) is 0 Å². The number of rotatable bonds is 4. The molecule has 98 valence electrons. The van der Waals surface area contributed by atoms with E-state index >= 15 is 0 Å². The van der Waals surface area contributed by atoms with Crippen LogP contribution in [-0.2, 0) is 0 Å². The summed E-state index contributed by atoms with van der Waals surface area (Å²) in [7, 11) is 0. The molecule has 1 saturated heterocycles. The minimum Gasteiger partial charge on any atom is -0.352 e. The van der Waals surface area contributed by atoms with Crippen LogP contribution in [0.3, 0.4) is 0 Å². The fourth-order valence-corrected chi connectivity index (χ4v) is 2.72. The quantitative estimate of drug-likeness (QED) is 0.894. The molecule has 0 aromatic heterocycles. The maximum Gasteiger partial charge on any atom is 0.254 e. The van der Waals surface area contributed by atoms with Gasteiger partial charge in [-0.05, 0) is 44.0 Å². The van der Waals surface area contributed by atoms with Gasteiger partial charge in [0.15, 0.2) is 0 Å². The smallest absolute Gasteiger partial charge is 0.254 e. The molecule has 1 aromatic rings. The fourth-order valence-electron chi connectivity index (χ4n) is 2.15. The van der Waals surface area contributed by atoms with Crippen LogP contribution in [0.5, 0.6) is 0 Å². The van der Waals surface area contributed by atoms with Crippen LogP contribution in [0.2, 0.25) is 10.0 Å². The number of nitrogens with one attached hydrogen (secondary N) is 2. The van der Waals surface area contributed by atoms with Gasteiger partial charge in [0.1, 0.15) is 0 Å². The topological polar surface area (TPSA) is 41.1 Å². The van der Waals surface area contributed by atoms with E-state index in [-0.39, 0.29) is 5.91 Å². The van der Waals surface area contributed by atoms with E-state index in [9.17, 15) is 4.79 Å². The van der Waals surface area contributed by atoms with Gasteiger partial charge >= 0.3 is 0 Å². The van der Waals surface area contributed by atoms with Crippen molar-refractivity contribution in [2.24, 2.45) is 5.92 Å². The average Bonchev–Trinajstić information content (AvgIpc) is 2.82. The summed E-state index contributed by atoms with van der Waals surface area (Å²) >= 11 is 12.0. The molecule has 0 aliphatic carbocycles. The molecular weight excluding hydrogens is 271 g/mol. The lowest BCUT2D eigenvalue weighted by atomic mass is 10.1. The summed E-state index contributed by atoms with van der Waals surface area (Å²) in [5.74, 6) is 0.462. The number of hydrogen-bond donors (Lipinski definition) is 2. The summed E-state index contributed by atoms with van der Waals surface area (Å²) in [4.78, 5) is 12.0. The number of benzene rings is 1. The van der Waals surface area contributed by atoms with E-state index < -0.39 is 0 Å². The molecule has 18 heavy (non-hydrogen) atoms. The molecule has 2 rings (SSSR count). The number of halogens is 2. The summed E-state index contributed by atoms with van der Waals surface area (Å²) in [6.45, 7) is 2.78. The first-order valence-electron chi connectivity index (χ1n) is 6.11. The lowest BCUT2D eigenvalue weighted by Gasteiger charge is -2.11. The molecule has 3 nitrogen and oxygen atoms in total. The van der Waals surface area contributed by atoms with Crippen LogP contribution in [0, 0.1) is 5.92 Å². The zero-order valence-corrected chi connectivity index (χ0v) is 11.5. The predicted octanol–water partition coefficient (Wildman–Crippen LogP) is 2.72. The van der Waals surface area contributed by atoms with E-state index in [4.69, 9.17) is 23.2 Å². The molecule has 1 aliphatic heterocycles. The van der Waals surface area contributed by atoms with E-state index in [1.165, 1.54) is 6.42 Å². The van der Waals surface area contributed by atoms with Crippen LogP contribution in [-0.4, -0.2) is 25.5 Å². The van der Waals surface area contributed by atoms with Crippen molar-refractivity contribution < 1.29 is 4.79 Å². The summed E-state index contributed by atoms with van der Waals surface area (Å²) in [5.41, 5.74) is 0.366. The highest BCUT2D eigenvalue weighted by atomic mass is 35.5. The Morgan fingerprint density at radius 1 is 1.39 bits per heavy atom. The van der Waals surface area contributed by atoms with Crippen molar-refractivity contribution in [2.45, 2.75) is 12.8 Å². The van der Waals surface area contributed by atoms with Crippen molar-refractivity contribution in [1.29, 1.82) is 0 Å². The van der Waals surface area contributed by atoms with Gasteiger partial charge in [-0.3, -0.25) is 4.79 Å². The number of hydrogen-bond acceptors (Lipinski definition) is 2. The van der Waals surface area contributed by atoms with Gasteiger partial charge in [-0.1, -0.05) is 29.3 Å². The standard InChI is InChI=1S/C13H16Cl2N2O/c14-10-2-1-3-11(15)12(10)13(18)17-7-5-9-4-6-16-8-9/h1-3,9,16H,4-8H2,(H,17,18). The normalized spacial score (nSPS) is 18.9. The van der Waals surface area contributed by atoms with Gasteiger partial charge in [0.05, 0.1) is 15.6 Å². The van der Waals surface area contributed by atoms with Gasteiger partial charge in [-0.2, -0.15) is 0 Å². The van der Waals surface area contributed by atoms with E-state index in [0.717, 1.165) is 19.5 Å². The molecule has 0 bridgehead atoms. The summed E-state index contributed by atoms with van der Waals surface area (Å²) in [6.07, 6.45) is 2.17. The molecule has 2 N–H and O–H groups in total. The van der Waals surface area contributed by atoms with Gasteiger partial charge in [-0.25, -0.2) is 0 Å². The molecule has 0 saturated carbocycles. The monoisotopic (exact) mass is 286 g/mol. The Morgan fingerprint density at radius 3 is 2.72 bits per heavy atom. The zero-order chi connectivity index (χ0) is 13.0. The van der Waals surface area contributed by atoms with Crippen molar-refractivity contribution >= 4 is 29.1 Å². The van der Waals surface area contributed by atoms with Crippen LogP contribution in [0.15, 0.2) is 18.2 Å². The Balaban J connectivity index is 1.87. The second-order valence-corrected chi connectivity index (χ2v) is 5.31. The maximum atomic E-state index is 12.0. The van der Waals surface area contributed by atoms with Gasteiger partial charge in [0, 0.05) is 6.54 Å². The van der Waals surface area contributed by atoms with E-state index in [0.29, 0.717) is 28.1 Å². The highest BCUT2D eigenvalue weighted by Crippen LogP contribution is 2.24. The summed E-state index contributed by atoms with van der Waals surface area (Å²) < 4.78 is 0. The second kappa shape index (κ2) is 6.41. The molecule has 1 heterocycles. The van der Waals surface area contributed by atoms with Crippen molar-refractivity contribution in [1.82, 2.24) is 10.6 Å². The SMILES string of the molecule is O=C(NCCC1CCNC1)c1c(Cl)cccc1Cl. The van der Waals surface area contributed by atoms with Crippen LogP contribution >= 0.6 is 23.2 Å². The van der Waals surface area contributed by atoms with Crippen LogP contribution < -0.4 is 10.6 Å². The van der Waals surface area contributed by atoms with Crippen molar-refractivity contribution in [2.75, 3.05) is 19.6 Å². The number of carbonyl (C=O) groups excluding carboxylic acids is 1. The molecule has 5 heteroatoms. The van der Waals surface area contributed by atoms with Crippen molar-refractivity contribution in [3.63, 3.8) is 0 Å². The largest absolute Gasteiger partial charge is 0.352 e. The molecule has 0 radical (unpaired) electrons. The van der Waals surface area contributed by atoms with Gasteiger partial charge in [0.2, 0.25) is 0 Å². The van der Waals surface area contributed by atoms with Gasteiger partial charge < -0.3 is 10.6 Å². The Labute approximate surface area is 117 Å². The fraction of sp³-hybridized carbons (Fsp3) is 0.462. The molecule has 1 fully saturated rings. The van der Waals surface area contributed by atoms with Gasteiger partial charge in [0.25, 0.3) is 5.91 Å². The Morgan fingerprint density at radius 2 is 2.11 bits per heavy atom. The van der Waals surface area contributed by atoms with Gasteiger partial charge in [-0.15, -0.1) is 0 Å². The third-order valence-electron chi connectivity index (χ3n) is 3.19. The summed E-state index contributed by atoms with van der Waals surface area (Å²) in [6, 6.07) is 5.07. The maximum absolute atomic E-state index is 12.0. The van der Waals surface area contributed by atoms with Crippen LogP contribution in [0.1, 0.15) is 23.2 Å². The third kappa shape index (κ3) is 3.37. The highest BCUT2D eigenvalue weighted by molar-refractivity contribution is 6.39. The highest BCUT2D eigenvalue weighted by Gasteiger charge is 2.16. The van der Waals surface area contributed by atoms with E-state index in [1.54, 1.807) is 18.2 Å². The second-order valence-electron chi connectivity index (χ2n) is 4.50. The van der Waals surface area contributed by atoms with Crippen molar-refractivity contribution in [3.05, 3.63) is 33.8 Å². The molecule has 0 spiro atoms. The Kier molecular flexibility index (Phi) is 4.87. The summed E-state index contributed by atoms with van der Waals surface area (Å²) in [5, 5.41) is 6.96. The predicted molar refractivity (Wildman–Crippen MR) is 74.4 cm³/mol. The molecule has 1 unspecified atom stereocenters. The number of amides is 1. The first-order valence-corrected chi connectivity index (χ1v) is 6.87. The first kappa shape index (κ1) is 13.7. The molecular formula is C13H16Cl2N2O. The molecule has 1 amide bonds. The minimum absolute atomic E-state index is 0.198. The lowest BCUT2D eigenvalue weighted by Crippen LogP contribution is -2.27. The molecule has 1 atom stereocenters. The minimum atomic E-state index is -0.198. The Bertz CT molecular complexity index is 411. The van der Waals surface area contributed by atoms with Crippen LogP contribution in [0.4, 0.5) is 0 Å². The average molecular weight is 287 g/mol. The number of carbonyl (C=O) groups is 1. The van der Waals surface area contributed by atoms with E-state index in [2.05, 4.69) is 10.6 Å². The first-order chi connectivity index (χ1) is 8.68. The lowest BCUT2D eigenvalue weighted by molar-refractivity contribution is 0.0952.